The van der Waals surface area contributed by atoms with Gasteiger partial charge >= 0.3 is 0 Å². The van der Waals surface area contributed by atoms with Gasteiger partial charge in [-0.1, -0.05) is 24.3 Å². The Bertz CT molecular complexity index is 2050. The van der Waals surface area contributed by atoms with Crippen LogP contribution in [0.2, 0.25) is 0 Å². The molecule has 0 fully saturated rings. The average molecular weight is 566 g/mol. The normalized spacial score (nSPS) is 12.3. The summed E-state index contributed by atoms with van der Waals surface area (Å²) in [4.78, 5) is 1.92. The number of rotatable bonds is 5. The van der Waals surface area contributed by atoms with Gasteiger partial charge in [0.2, 0.25) is 0 Å². The maximum atomic E-state index is 9.93. The number of hydrogen-bond donors (Lipinski definition) is 1. The van der Waals surface area contributed by atoms with E-state index < -0.39 is 0 Å². The van der Waals surface area contributed by atoms with Crippen molar-refractivity contribution in [2.45, 2.75) is 0 Å². The highest BCUT2D eigenvalue weighted by Gasteiger charge is 2.17. The van der Waals surface area contributed by atoms with Gasteiger partial charge in [-0.3, -0.25) is 0 Å². The van der Waals surface area contributed by atoms with E-state index in [0.29, 0.717) is 28.1 Å². The molecule has 4 heterocycles. The fourth-order valence-corrected chi connectivity index (χ4v) is 7.53. The number of hydrogen-bond acceptors (Lipinski definition) is 10. The first kappa shape index (κ1) is 24.1. The predicted octanol–water partition coefficient (Wildman–Crippen LogP) is 7.53. The number of nitrogen functional groups attached to an aromatic ring is 1. The van der Waals surface area contributed by atoms with E-state index in [0.717, 1.165) is 58.5 Å². The Balaban J connectivity index is 1.43. The third-order valence-electron chi connectivity index (χ3n) is 6.25. The monoisotopic (exact) mass is 565 g/mol. The van der Waals surface area contributed by atoms with Crippen molar-refractivity contribution < 1.29 is 0 Å². The average Bonchev–Trinajstić information content (AvgIpc) is 3.71. The van der Waals surface area contributed by atoms with Gasteiger partial charge in [-0.25, -0.2) is 0 Å². The van der Waals surface area contributed by atoms with Gasteiger partial charge in [0.1, 0.15) is 16.7 Å². The van der Waals surface area contributed by atoms with Crippen LogP contribution in [-0.4, -0.2) is 13.3 Å². The molecule has 0 radical (unpaired) electrons. The minimum Gasteiger partial charge on any atom is -0.396 e. The Labute approximate surface area is 234 Å². The van der Waals surface area contributed by atoms with Crippen LogP contribution in [0.5, 0.6) is 0 Å². The molecule has 0 aliphatic rings. The van der Waals surface area contributed by atoms with Crippen molar-refractivity contribution in [3.05, 3.63) is 69.4 Å². The lowest BCUT2D eigenvalue weighted by molar-refractivity contribution is 1.02. The summed E-state index contributed by atoms with van der Waals surface area (Å²) in [6.45, 7) is 0. The van der Waals surface area contributed by atoms with Crippen molar-refractivity contribution in [1.29, 1.82) is 10.5 Å². The van der Waals surface area contributed by atoms with Crippen molar-refractivity contribution >= 4 is 113 Å². The maximum Gasteiger partial charge on any atom is 0.113 e. The molecule has 6 rings (SSSR count). The maximum absolute atomic E-state index is 9.93. The highest BCUT2D eigenvalue weighted by Crippen LogP contribution is 2.42. The third kappa shape index (κ3) is 3.90. The van der Waals surface area contributed by atoms with Gasteiger partial charge in [-0.2, -0.15) is 23.6 Å². The lowest BCUT2D eigenvalue weighted by atomic mass is 10.0. The van der Waals surface area contributed by atoms with E-state index in [1.807, 2.05) is 37.4 Å². The summed E-state index contributed by atoms with van der Waals surface area (Å²) in [6, 6.07) is 19.8. The zero-order valence-electron chi connectivity index (χ0n) is 19.7. The number of aromatic nitrogens is 3. The molecule has 0 aliphatic heterocycles. The third-order valence-corrected chi connectivity index (χ3v) is 9.30. The Kier molecular flexibility index (Phi) is 6.06. The molecule has 0 atom stereocenters. The number of nitrogens with zero attached hydrogens (tertiary/aromatic N) is 6. The van der Waals surface area contributed by atoms with Crippen LogP contribution in [0.15, 0.2) is 52.9 Å². The largest absolute Gasteiger partial charge is 0.396 e. The number of allylic oxidation sites excluding steroid dienone is 2. The molecule has 0 amide bonds. The molecule has 6 aromatic rings. The predicted molar refractivity (Wildman–Crippen MR) is 161 cm³/mol. The highest BCUT2D eigenvalue weighted by atomic mass is 32.1. The number of thiophene rings is 2. The minimum absolute atomic E-state index is 0.394. The number of benzene rings is 2. The van der Waals surface area contributed by atoms with E-state index in [1.54, 1.807) is 40.9 Å². The van der Waals surface area contributed by atoms with Crippen LogP contribution in [0, 0.1) is 22.7 Å². The van der Waals surface area contributed by atoms with Crippen LogP contribution in [0.3, 0.4) is 0 Å². The van der Waals surface area contributed by atoms with Crippen molar-refractivity contribution in [3.8, 4) is 12.1 Å². The first-order valence-corrected chi connectivity index (χ1v) is 13.9. The first-order chi connectivity index (χ1) is 18.5. The zero-order valence-corrected chi connectivity index (χ0v) is 22.9. The summed E-state index contributed by atoms with van der Waals surface area (Å²) in [7, 11) is 2.02. The summed E-state index contributed by atoms with van der Waals surface area (Å²) < 4.78 is 16.8. The molecular weight excluding hydrogens is 551 g/mol. The Morgan fingerprint density at radius 2 is 1.55 bits per heavy atom. The number of fused-ring (bicyclic) bond motifs is 4. The number of para-hydroxylation sites is 1. The Morgan fingerprint density at radius 1 is 0.947 bits per heavy atom. The quantitative estimate of drug-likeness (QED) is 0.171. The molecule has 38 heavy (non-hydrogen) atoms. The molecule has 0 spiro atoms. The van der Waals surface area contributed by atoms with Crippen LogP contribution in [-0.2, 0) is 19.5 Å². The summed E-state index contributed by atoms with van der Waals surface area (Å²) in [5, 5.41) is 19.8. The number of nitriles is 2. The molecule has 0 aliphatic carbocycles. The standard InChI is InChI=1S/C27H15N7S4/c1-34-22-10-16(8-14(12-28)18-4-2-6-20(31-35)24(18)30)36-26(22)27-23(34)11-17(37-27)9-15(13-29)19-5-3-7-21-25(19)33-38-32-21/h2-11H,30H2,1H3/b14-8+,15-9+. The van der Waals surface area contributed by atoms with E-state index >= 15 is 0 Å². The number of nitrogens with two attached hydrogens (primary N) is 1. The van der Waals surface area contributed by atoms with Crippen molar-refractivity contribution in [3.63, 3.8) is 0 Å². The van der Waals surface area contributed by atoms with Gasteiger partial charge in [-0.05, 0) is 36.4 Å². The molecule has 0 bridgehead atoms. The zero-order chi connectivity index (χ0) is 26.4. The summed E-state index contributed by atoms with van der Waals surface area (Å²) >= 11 is 9.19. The Morgan fingerprint density at radius 3 is 2.18 bits per heavy atom. The second-order valence-corrected chi connectivity index (χ2v) is 11.3. The van der Waals surface area contributed by atoms with Gasteiger partial charge in [0.25, 0.3) is 0 Å². The molecule has 7 nitrogen and oxygen atoms in total. The topological polar surface area (TPSA) is 117 Å². The van der Waals surface area contributed by atoms with Crippen LogP contribution < -0.4 is 5.73 Å². The fourth-order valence-electron chi connectivity index (χ4n) is 4.41. The molecular formula is C27H15N7S4. The van der Waals surface area contributed by atoms with Gasteiger partial charge in [0, 0.05) is 40.4 Å². The van der Waals surface area contributed by atoms with Crippen molar-refractivity contribution in [1.82, 2.24) is 13.3 Å². The van der Waals surface area contributed by atoms with Crippen LogP contribution >= 0.6 is 34.4 Å². The smallest absolute Gasteiger partial charge is 0.113 e. The molecule has 0 saturated heterocycles. The van der Waals surface area contributed by atoms with E-state index in [1.165, 1.54) is 0 Å². The molecule has 0 saturated carbocycles. The van der Waals surface area contributed by atoms with E-state index in [-0.39, 0.29) is 0 Å². The van der Waals surface area contributed by atoms with Gasteiger partial charge in [0.05, 0.1) is 61.1 Å². The summed E-state index contributed by atoms with van der Waals surface area (Å²) in [5.74, 6) is 0. The van der Waals surface area contributed by atoms with Crippen molar-refractivity contribution in [2.75, 3.05) is 5.73 Å². The second-order valence-electron chi connectivity index (χ2n) is 8.39. The van der Waals surface area contributed by atoms with E-state index in [2.05, 4.69) is 41.9 Å². The van der Waals surface area contributed by atoms with E-state index in [4.69, 9.17) is 18.2 Å². The summed E-state index contributed by atoms with van der Waals surface area (Å²) in [6.07, 6.45) is 3.76. The number of anilines is 1. The molecule has 0 unspecified atom stereocenters. The van der Waals surface area contributed by atoms with Crippen LogP contribution in [0.4, 0.5) is 11.4 Å². The van der Waals surface area contributed by atoms with Crippen LogP contribution in [0.1, 0.15) is 20.9 Å². The Hall–Kier alpha value is -4.26. The van der Waals surface area contributed by atoms with Gasteiger partial charge in [0.15, 0.2) is 0 Å². The minimum atomic E-state index is 0.394. The fraction of sp³-hybridized carbons (Fsp3) is 0.0370. The second kappa shape index (κ2) is 9.56. The molecule has 4 aromatic heterocycles. The summed E-state index contributed by atoms with van der Waals surface area (Å²) in [5.41, 5.74) is 13.2. The molecule has 182 valence electrons. The van der Waals surface area contributed by atoms with Crippen LogP contribution in [0.25, 0.3) is 54.8 Å². The van der Waals surface area contributed by atoms with Gasteiger partial charge in [-0.15, -0.1) is 22.7 Å². The lowest BCUT2D eigenvalue weighted by Crippen LogP contribution is -1.93. The first-order valence-electron chi connectivity index (χ1n) is 11.2. The lowest BCUT2D eigenvalue weighted by Gasteiger charge is -2.05. The van der Waals surface area contributed by atoms with Gasteiger partial charge < -0.3 is 10.3 Å². The molecule has 11 heteroatoms. The SMILES string of the molecule is Cn1c2cc(/C=C(\C#N)c3cccc(N=S)c3N)sc2c2sc(/C=C(\C#N)c3cccc4nsnc34)cc21. The number of aryl methyl sites for hydroxylation is 1. The van der Waals surface area contributed by atoms with E-state index in [9.17, 15) is 10.5 Å². The van der Waals surface area contributed by atoms with Crippen molar-refractivity contribution in [2.24, 2.45) is 11.4 Å². The molecule has 2 aromatic carbocycles. The molecule has 2 N–H and O–H groups in total. The highest BCUT2D eigenvalue weighted by molar-refractivity contribution is 7.47.